The topological polar surface area (TPSA) is 63.6 Å². The van der Waals surface area contributed by atoms with Gasteiger partial charge in [-0.2, -0.15) is 0 Å². The summed E-state index contributed by atoms with van der Waals surface area (Å²) in [5.41, 5.74) is 3.94. The monoisotopic (exact) mass is 390 g/mol. The summed E-state index contributed by atoms with van der Waals surface area (Å²) < 4.78 is 1.96. The standard InChI is InChI=1S/C22H22N4OS/c1-3-15-11-8-12-17-18(13-23-19(15)17)20(27)21(16-9-6-5-7-10-16)28-22-25-24-14-26(22)4-2/h5-14,21,23H,3-4H2,1-2H3. The van der Waals surface area contributed by atoms with Crippen LogP contribution in [0.5, 0.6) is 0 Å². The molecular formula is C22H22N4OS. The third kappa shape index (κ3) is 3.36. The van der Waals surface area contributed by atoms with Gasteiger partial charge in [-0.3, -0.25) is 4.79 Å². The van der Waals surface area contributed by atoms with Crippen molar-refractivity contribution in [2.75, 3.05) is 0 Å². The summed E-state index contributed by atoms with van der Waals surface area (Å²) >= 11 is 1.45. The van der Waals surface area contributed by atoms with Gasteiger partial charge in [-0.15, -0.1) is 10.2 Å². The number of thioether (sulfide) groups is 1. The van der Waals surface area contributed by atoms with E-state index in [-0.39, 0.29) is 11.0 Å². The molecule has 0 aliphatic heterocycles. The van der Waals surface area contributed by atoms with Crippen LogP contribution in [0.3, 0.4) is 0 Å². The first kappa shape index (κ1) is 18.5. The molecule has 1 atom stereocenters. The van der Waals surface area contributed by atoms with Gasteiger partial charge >= 0.3 is 0 Å². The van der Waals surface area contributed by atoms with Gasteiger partial charge in [-0.05, 0) is 24.5 Å². The fourth-order valence-electron chi connectivity index (χ4n) is 3.42. The first-order valence-electron chi connectivity index (χ1n) is 9.45. The molecule has 28 heavy (non-hydrogen) atoms. The number of aromatic nitrogens is 4. The van der Waals surface area contributed by atoms with E-state index in [9.17, 15) is 4.79 Å². The van der Waals surface area contributed by atoms with E-state index in [4.69, 9.17) is 0 Å². The van der Waals surface area contributed by atoms with Gasteiger partial charge < -0.3 is 9.55 Å². The minimum absolute atomic E-state index is 0.0707. The molecule has 2 aromatic carbocycles. The molecule has 0 radical (unpaired) electrons. The van der Waals surface area contributed by atoms with Crippen molar-refractivity contribution in [3.63, 3.8) is 0 Å². The maximum atomic E-state index is 13.6. The van der Waals surface area contributed by atoms with Crippen molar-refractivity contribution in [3.05, 3.63) is 77.7 Å². The van der Waals surface area contributed by atoms with Gasteiger partial charge in [-0.1, -0.05) is 67.2 Å². The molecule has 2 heterocycles. The van der Waals surface area contributed by atoms with E-state index in [0.29, 0.717) is 5.56 Å². The van der Waals surface area contributed by atoms with Gasteiger partial charge in [0.25, 0.3) is 0 Å². The lowest BCUT2D eigenvalue weighted by Gasteiger charge is -2.15. The predicted octanol–water partition coefficient (Wildman–Crippen LogP) is 5.06. The number of fused-ring (bicyclic) bond motifs is 1. The Bertz CT molecular complexity index is 1100. The fourth-order valence-corrected chi connectivity index (χ4v) is 4.56. The third-order valence-corrected chi connectivity index (χ3v) is 6.18. The van der Waals surface area contributed by atoms with Gasteiger partial charge in [-0.25, -0.2) is 0 Å². The number of ketones is 1. The Morgan fingerprint density at radius 2 is 1.96 bits per heavy atom. The van der Waals surface area contributed by atoms with E-state index < -0.39 is 0 Å². The van der Waals surface area contributed by atoms with Crippen LogP contribution in [-0.2, 0) is 13.0 Å². The number of benzene rings is 2. The van der Waals surface area contributed by atoms with Crippen LogP contribution < -0.4 is 0 Å². The van der Waals surface area contributed by atoms with E-state index in [1.54, 1.807) is 6.33 Å². The molecular weight excluding hydrogens is 368 g/mol. The number of hydrogen-bond donors (Lipinski definition) is 1. The molecule has 1 N–H and O–H groups in total. The normalized spacial score (nSPS) is 12.4. The molecule has 142 valence electrons. The third-order valence-electron chi connectivity index (χ3n) is 4.93. The number of aromatic amines is 1. The van der Waals surface area contributed by atoms with Crippen molar-refractivity contribution in [2.24, 2.45) is 0 Å². The first-order chi connectivity index (χ1) is 13.7. The summed E-state index contributed by atoms with van der Waals surface area (Å²) in [4.78, 5) is 17.0. The summed E-state index contributed by atoms with van der Waals surface area (Å²) in [5.74, 6) is 0.0707. The van der Waals surface area contributed by atoms with Crippen LogP contribution in [0.4, 0.5) is 0 Å². The molecule has 1 unspecified atom stereocenters. The average Bonchev–Trinajstić information content (AvgIpc) is 3.38. The molecule has 0 spiro atoms. The van der Waals surface area contributed by atoms with E-state index in [1.165, 1.54) is 17.3 Å². The highest BCUT2D eigenvalue weighted by molar-refractivity contribution is 8.00. The minimum Gasteiger partial charge on any atom is -0.360 e. The molecule has 0 amide bonds. The molecule has 4 aromatic rings. The highest BCUT2D eigenvalue weighted by Crippen LogP contribution is 2.38. The number of H-pyrrole nitrogens is 1. The van der Waals surface area contributed by atoms with E-state index in [0.717, 1.165) is 34.6 Å². The number of Topliss-reactive ketones (excluding diaryl/α,β-unsaturated/α-hetero) is 1. The summed E-state index contributed by atoms with van der Waals surface area (Å²) in [6.07, 6.45) is 4.46. The number of nitrogens with one attached hydrogen (secondary N) is 1. The average molecular weight is 391 g/mol. The SMILES string of the molecule is CCc1cccc2c(C(=O)C(Sc3nncn3CC)c3ccccc3)c[nH]c12. The largest absolute Gasteiger partial charge is 0.360 e. The van der Waals surface area contributed by atoms with Crippen LogP contribution in [0.15, 0.2) is 66.2 Å². The van der Waals surface area contributed by atoms with E-state index in [2.05, 4.69) is 28.2 Å². The second-order valence-electron chi connectivity index (χ2n) is 6.57. The smallest absolute Gasteiger partial charge is 0.192 e. The Kier molecular flexibility index (Phi) is 5.30. The summed E-state index contributed by atoms with van der Waals surface area (Å²) in [6.45, 7) is 4.92. The molecule has 0 aliphatic rings. The number of nitrogens with zero attached hydrogens (tertiary/aromatic N) is 3. The lowest BCUT2D eigenvalue weighted by molar-refractivity contribution is 0.0991. The lowest BCUT2D eigenvalue weighted by atomic mass is 10.0. The number of carbonyl (C=O) groups excluding carboxylic acids is 1. The second kappa shape index (κ2) is 8.02. The second-order valence-corrected chi connectivity index (χ2v) is 7.64. The number of para-hydroxylation sites is 1. The summed E-state index contributed by atoms with van der Waals surface area (Å²) in [6, 6.07) is 16.0. The predicted molar refractivity (Wildman–Crippen MR) is 113 cm³/mol. The van der Waals surface area contributed by atoms with Crippen molar-refractivity contribution < 1.29 is 4.79 Å². The van der Waals surface area contributed by atoms with Crippen molar-refractivity contribution in [2.45, 2.75) is 37.2 Å². The van der Waals surface area contributed by atoms with Crippen molar-refractivity contribution in [1.29, 1.82) is 0 Å². The molecule has 5 nitrogen and oxygen atoms in total. The number of carbonyl (C=O) groups is 1. The molecule has 0 aliphatic carbocycles. The van der Waals surface area contributed by atoms with E-state index >= 15 is 0 Å². The van der Waals surface area contributed by atoms with Crippen molar-refractivity contribution in [1.82, 2.24) is 19.7 Å². The van der Waals surface area contributed by atoms with Crippen molar-refractivity contribution in [3.8, 4) is 0 Å². The summed E-state index contributed by atoms with van der Waals surface area (Å²) in [5, 5.41) is 9.57. The molecule has 0 saturated carbocycles. The Morgan fingerprint density at radius 3 is 2.71 bits per heavy atom. The zero-order valence-corrected chi connectivity index (χ0v) is 16.7. The number of hydrogen-bond acceptors (Lipinski definition) is 4. The van der Waals surface area contributed by atoms with Gasteiger partial charge in [0.05, 0.1) is 0 Å². The zero-order chi connectivity index (χ0) is 19.5. The fraction of sp³-hybridized carbons (Fsp3) is 0.227. The lowest BCUT2D eigenvalue weighted by Crippen LogP contribution is -2.11. The summed E-state index contributed by atoms with van der Waals surface area (Å²) in [7, 11) is 0. The number of aryl methyl sites for hydroxylation is 2. The highest BCUT2D eigenvalue weighted by Gasteiger charge is 2.27. The van der Waals surface area contributed by atoms with Crippen LogP contribution >= 0.6 is 11.8 Å². The Labute approximate surface area is 168 Å². The maximum absolute atomic E-state index is 13.6. The Hall–Kier alpha value is -2.86. The molecule has 0 saturated heterocycles. The Balaban J connectivity index is 1.77. The van der Waals surface area contributed by atoms with Crippen LogP contribution in [0, 0.1) is 0 Å². The molecule has 0 fully saturated rings. The minimum atomic E-state index is -0.389. The van der Waals surface area contributed by atoms with Crippen LogP contribution in [0.2, 0.25) is 0 Å². The van der Waals surface area contributed by atoms with Gasteiger partial charge in [0.2, 0.25) is 0 Å². The zero-order valence-electron chi connectivity index (χ0n) is 15.9. The van der Waals surface area contributed by atoms with E-state index in [1.807, 2.05) is 60.2 Å². The van der Waals surface area contributed by atoms with Gasteiger partial charge in [0.15, 0.2) is 10.9 Å². The van der Waals surface area contributed by atoms with Crippen LogP contribution in [0.25, 0.3) is 10.9 Å². The van der Waals surface area contributed by atoms with Crippen molar-refractivity contribution >= 4 is 28.4 Å². The quantitative estimate of drug-likeness (QED) is 0.354. The molecule has 2 aromatic heterocycles. The number of rotatable bonds is 7. The maximum Gasteiger partial charge on any atom is 0.192 e. The molecule has 0 bridgehead atoms. The van der Waals surface area contributed by atoms with Crippen LogP contribution in [-0.4, -0.2) is 25.5 Å². The highest BCUT2D eigenvalue weighted by atomic mass is 32.2. The first-order valence-corrected chi connectivity index (χ1v) is 10.3. The van der Waals surface area contributed by atoms with Gasteiger partial charge in [0, 0.05) is 29.2 Å². The molecule has 6 heteroatoms. The van der Waals surface area contributed by atoms with Crippen LogP contribution in [0.1, 0.15) is 40.6 Å². The molecule has 4 rings (SSSR count). The van der Waals surface area contributed by atoms with Gasteiger partial charge in [0.1, 0.15) is 11.6 Å². The Morgan fingerprint density at radius 1 is 1.14 bits per heavy atom.